The van der Waals surface area contributed by atoms with Crippen molar-refractivity contribution in [3.8, 4) is 40.1 Å². The van der Waals surface area contributed by atoms with Gasteiger partial charge in [0.2, 0.25) is 17.5 Å². The first-order valence-electron chi connectivity index (χ1n) is 9.50. The van der Waals surface area contributed by atoms with Crippen LogP contribution in [0.1, 0.15) is 6.92 Å². The number of rotatable bonds is 4. The van der Waals surface area contributed by atoms with Gasteiger partial charge in [0.25, 0.3) is 0 Å². The van der Waals surface area contributed by atoms with Gasteiger partial charge in [0, 0.05) is 17.7 Å². The van der Waals surface area contributed by atoms with E-state index in [0.717, 1.165) is 24.3 Å². The molecule has 32 heavy (non-hydrogen) atoms. The monoisotopic (exact) mass is 448 g/mol. The third-order valence-electron chi connectivity index (χ3n) is 5.12. The Labute approximate surface area is 179 Å². The summed E-state index contributed by atoms with van der Waals surface area (Å²) in [5.41, 5.74) is -1.05. The van der Waals surface area contributed by atoms with Gasteiger partial charge in [0.1, 0.15) is 40.8 Å². The minimum atomic E-state index is -1.64. The molecule has 1 fully saturated rings. The van der Waals surface area contributed by atoms with Crippen LogP contribution in [0.2, 0.25) is 0 Å². The number of phenolic OH excluding ortho intramolecular Hbond substituents is 4. The number of ether oxygens (including phenoxy) is 2. The van der Waals surface area contributed by atoms with E-state index in [1.54, 1.807) is 0 Å². The highest BCUT2D eigenvalue weighted by Gasteiger charge is 2.47. The van der Waals surface area contributed by atoms with E-state index in [1.807, 2.05) is 0 Å². The summed E-state index contributed by atoms with van der Waals surface area (Å²) in [6.07, 6.45) is -7.11. The Morgan fingerprint density at radius 1 is 0.969 bits per heavy atom. The fraction of sp³-hybridized carbons (Fsp3) is 0.286. The lowest BCUT2D eigenvalue weighted by Gasteiger charge is -2.19. The van der Waals surface area contributed by atoms with Gasteiger partial charge in [-0.15, -0.1) is 0 Å². The quantitative estimate of drug-likeness (QED) is 0.275. The van der Waals surface area contributed by atoms with Gasteiger partial charge in [0.15, 0.2) is 17.3 Å². The average Bonchev–Trinajstić information content (AvgIpc) is 3.00. The first kappa shape index (κ1) is 21.7. The first-order chi connectivity index (χ1) is 15.1. The van der Waals surface area contributed by atoms with Gasteiger partial charge in [-0.3, -0.25) is 4.79 Å². The highest BCUT2D eigenvalue weighted by atomic mass is 16.7. The van der Waals surface area contributed by atoms with Crippen LogP contribution >= 0.6 is 0 Å². The molecular weight excluding hydrogens is 428 g/mol. The van der Waals surface area contributed by atoms with Crippen LogP contribution in [0, 0.1) is 0 Å². The van der Waals surface area contributed by atoms with E-state index in [4.69, 9.17) is 13.9 Å². The highest BCUT2D eigenvalue weighted by Crippen LogP contribution is 2.39. The van der Waals surface area contributed by atoms with Crippen molar-refractivity contribution >= 4 is 11.0 Å². The number of aromatic hydroxyl groups is 4. The lowest BCUT2D eigenvalue weighted by atomic mass is 10.1. The van der Waals surface area contributed by atoms with Crippen LogP contribution in [0.4, 0.5) is 0 Å². The first-order valence-corrected chi connectivity index (χ1v) is 9.50. The second-order valence-electron chi connectivity index (χ2n) is 7.44. The zero-order chi connectivity index (χ0) is 23.3. The molecule has 1 aromatic heterocycles. The van der Waals surface area contributed by atoms with Crippen molar-refractivity contribution in [2.75, 3.05) is 0 Å². The Bertz CT molecular complexity index is 1230. The lowest BCUT2D eigenvalue weighted by Crippen LogP contribution is -2.38. The second kappa shape index (κ2) is 7.88. The number of aliphatic hydroxyl groups excluding tert-OH is 3. The van der Waals surface area contributed by atoms with E-state index in [0.29, 0.717) is 0 Å². The van der Waals surface area contributed by atoms with Crippen LogP contribution in [0.3, 0.4) is 0 Å². The number of benzene rings is 2. The summed E-state index contributed by atoms with van der Waals surface area (Å²) in [5, 5.41) is 69.1. The Morgan fingerprint density at radius 2 is 1.69 bits per heavy atom. The zero-order valence-corrected chi connectivity index (χ0v) is 16.5. The van der Waals surface area contributed by atoms with Crippen molar-refractivity contribution < 1.29 is 49.6 Å². The maximum Gasteiger partial charge on any atom is 0.239 e. The maximum atomic E-state index is 13.2. The molecule has 2 heterocycles. The summed E-state index contributed by atoms with van der Waals surface area (Å²) < 4.78 is 16.6. The fourth-order valence-electron chi connectivity index (χ4n) is 3.51. The van der Waals surface area contributed by atoms with E-state index in [1.165, 1.54) is 13.0 Å². The standard InChI is InChI=1S/C21H20O11/c1-7(22)18-16(28)17(29)21(31-18)32-20-15(27)14-12(26)5-9(23)6-13(14)30-19(20)8-2-3-10(24)11(25)4-8/h2-7,16-18,21-26,28-29H,1H3/t7-,16+,17-,18+,21-/m0/s1. The fourth-order valence-corrected chi connectivity index (χ4v) is 3.51. The van der Waals surface area contributed by atoms with Crippen LogP contribution in [-0.2, 0) is 4.74 Å². The maximum absolute atomic E-state index is 13.2. The third-order valence-corrected chi connectivity index (χ3v) is 5.12. The third kappa shape index (κ3) is 3.56. The summed E-state index contributed by atoms with van der Waals surface area (Å²) >= 11 is 0. The molecule has 5 atom stereocenters. The Hall–Kier alpha value is -3.51. The van der Waals surface area contributed by atoms with Crippen molar-refractivity contribution in [1.29, 1.82) is 0 Å². The molecule has 170 valence electrons. The molecule has 1 aliphatic heterocycles. The minimum absolute atomic E-state index is 0.0669. The van der Waals surface area contributed by atoms with Crippen molar-refractivity contribution in [2.24, 2.45) is 0 Å². The van der Waals surface area contributed by atoms with E-state index in [2.05, 4.69) is 0 Å². The second-order valence-corrected chi connectivity index (χ2v) is 7.44. The number of hydrogen-bond donors (Lipinski definition) is 7. The predicted octanol–water partition coefficient (Wildman–Crippen LogP) is 0.489. The molecule has 0 unspecified atom stereocenters. The molecule has 0 aliphatic carbocycles. The number of fused-ring (bicyclic) bond motifs is 1. The Morgan fingerprint density at radius 3 is 2.31 bits per heavy atom. The smallest absolute Gasteiger partial charge is 0.239 e. The van der Waals surface area contributed by atoms with Gasteiger partial charge < -0.3 is 49.6 Å². The molecule has 0 amide bonds. The average molecular weight is 448 g/mol. The molecule has 0 radical (unpaired) electrons. The zero-order valence-electron chi connectivity index (χ0n) is 16.5. The van der Waals surface area contributed by atoms with E-state index in [-0.39, 0.29) is 28.0 Å². The molecule has 7 N–H and O–H groups in total. The number of phenols is 4. The van der Waals surface area contributed by atoms with Crippen LogP contribution in [0.15, 0.2) is 39.5 Å². The van der Waals surface area contributed by atoms with Gasteiger partial charge in [-0.2, -0.15) is 0 Å². The number of aliphatic hydroxyl groups is 3. The molecule has 4 rings (SSSR count). The normalized spacial score (nSPS) is 24.0. The Kier molecular flexibility index (Phi) is 5.34. The highest BCUT2D eigenvalue weighted by molar-refractivity contribution is 5.88. The van der Waals surface area contributed by atoms with Gasteiger partial charge in [-0.1, -0.05) is 0 Å². The molecule has 1 aliphatic rings. The number of hydrogen-bond acceptors (Lipinski definition) is 11. The van der Waals surface area contributed by atoms with Crippen LogP contribution in [0.25, 0.3) is 22.3 Å². The van der Waals surface area contributed by atoms with Crippen LogP contribution in [-0.4, -0.2) is 66.5 Å². The van der Waals surface area contributed by atoms with Gasteiger partial charge in [0.05, 0.1) is 6.10 Å². The largest absolute Gasteiger partial charge is 0.508 e. The van der Waals surface area contributed by atoms with Crippen molar-refractivity contribution in [2.45, 2.75) is 37.6 Å². The van der Waals surface area contributed by atoms with E-state index < -0.39 is 59.1 Å². The Balaban J connectivity index is 1.91. The van der Waals surface area contributed by atoms with E-state index in [9.17, 15) is 40.5 Å². The minimum Gasteiger partial charge on any atom is -0.508 e. The van der Waals surface area contributed by atoms with Crippen LogP contribution < -0.4 is 10.2 Å². The lowest BCUT2D eigenvalue weighted by molar-refractivity contribution is -0.129. The summed E-state index contributed by atoms with van der Waals surface area (Å²) in [6.45, 7) is 1.34. The summed E-state index contributed by atoms with van der Waals surface area (Å²) in [7, 11) is 0. The summed E-state index contributed by atoms with van der Waals surface area (Å²) in [4.78, 5) is 13.2. The summed E-state index contributed by atoms with van der Waals surface area (Å²) in [5.74, 6) is -2.79. The van der Waals surface area contributed by atoms with Gasteiger partial charge in [-0.25, -0.2) is 0 Å². The molecule has 0 bridgehead atoms. The topological polar surface area (TPSA) is 190 Å². The van der Waals surface area contributed by atoms with E-state index >= 15 is 0 Å². The van der Waals surface area contributed by atoms with Crippen molar-refractivity contribution in [3.05, 3.63) is 40.6 Å². The molecule has 3 aromatic rings. The van der Waals surface area contributed by atoms with Gasteiger partial charge >= 0.3 is 0 Å². The molecule has 0 saturated carbocycles. The molecule has 11 heteroatoms. The van der Waals surface area contributed by atoms with Crippen LogP contribution in [0.5, 0.6) is 28.7 Å². The van der Waals surface area contributed by atoms with Crippen molar-refractivity contribution in [3.63, 3.8) is 0 Å². The summed E-state index contributed by atoms with van der Waals surface area (Å²) in [6, 6.07) is 5.51. The molecule has 11 nitrogen and oxygen atoms in total. The molecular formula is C21H20O11. The SMILES string of the molecule is C[C@H](O)[C@H]1O[C@@H](Oc2c(-c3ccc(O)c(O)c3)oc3cc(O)cc(O)c3c2=O)[C@@H](O)[C@H]1O. The molecule has 0 spiro atoms. The van der Waals surface area contributed by atoms with Crippen molar-refractivity contribution in [1.82, 2.24) is 0 Å². The molecule has 2 aromatic carbocycles. The molecule has 1 saturated heterocycles. The van der Waals surface area contributed by atoms with Gasteiger partial charge in [-0.05, 0) is 25.1 Å². The predicted molar refractivity (Wildman–Crippen MR) is 108 cm³/mol.